The molecule has 1 aliphatic rings. The van der Waals surface area contributed by atoms with E-state index in [2.05, 4.69) is 4.98 Å². The number of aromatic nitrogens is 2. The van der Waals surface area contributed by atoms with E-state index in [0.29, 0.717) is 0 Å². The van der Waals surface area contributed by atoms with E-state index in [9.17, 15) is 20.3 Å². The van der Waals surface area contributed by atoms with E-state index in [4.69, 9.17) is 15.6 Å². The molecule has 0 amide bonds. The third-order valence-corrected chi connectivity index (χ3v) is 2.96. The zero-order chi connectivity index (χ0) is 14.2. The van der Waals surface area contributed by atoms with Crippen molar-refractivity contribution in [3.8, 4) is 6.07 Å². The maximum absolute atomic E-state index is 11.7. The van der Waals surface area contributed by atoms with Crippen LogP contribution in [0.2, 0.25) is 0 Å². The number of ether oxygens (including phenoxy) is 1. The lowest BCUT2D eigenvalue weighted by molar-refractivity contribution is -0.109. The molecule has 9 heteroatoms. The Labute approximate surface area is 107 Å². The van der Waals surface area contributed by atoms with Gasteiger partial charge in [0.05, 0.1) is 6.61 Å². The fourth-order valence-corrected chi connectivity index (χ4v) is 1.96. The van der Waals surface area contributed by atoms with Crippen molar-refractivity contribution in [2.24, 2.45) is 0 Å². The summed E-state index contributed by atoms with van der Waals surface area (Å²) in [5.74, 6) is -0.0546. The van der Waals surface area contributed by atoms with Crippen LogP contribution in [0, 0.1) is 11.3 Å². The van der Waals surface area contributed by atoms with E-state index in [-0.39, 0.29) is 5.82 Å². The van der Waals surface area contributed by atoms with Gasteiger partial charge >= 0.3 is 5.69 Å². The average Bonchev–Trinajstić information content (AvgIpc) is 2.64. The number of hydrogen-bond donors (Lipinski definition) is 4. The zero-order valence-corrected chi connectivity index (χ0v) is 9.67. The monoisotopic (exact) mass is 271 g/mol. The Morgan fingerprint density at radius 3 is 2.79 bits per heavy atom. The van der Waals surface area contributed by atoms with Gasteiger partial charge in [-0.2, -0.15) is 10.2 Å². The standard InChI is InChI=1S/C10H12N4O5/c11-4-10(8(17)7(16)5(3-15)19-10)14-2-1-6(12)13-9(14)18/h1-2,5,7-8,15-17H,3H2,(H2,12,13,18)/t5-,7-,8-,10-/m1/s1/i9+1,13+1,14+1. The maximum Gasteiger partial charge on any atom is 0.352 e. The Morgan fingerprint density at radius 1 is 1.63 bits per heavy atom. The topological polar surface area (TPSA) is 155 Å². The summed E-state index contributed by atoms with van der Waals surface area (Å²) in [6.07, 6.45) is -3.27. The predicted octanol–water partition coefficient (Wildman–Crippen LogP) is -2.89. The Morgan fingerprint density at radius 2 is 2.32 bits per heavy atom. The normalized spacial score (nSPS) is 34.1. The van der Waals surface area contributed by atoms with E-state index in [1.54, 1.807) is 6.07 Å². The summed E-state index contributed by atoms with van der Waals surface area (Å²) < 4.78 is 5.88. The number of hydrogen-bond acceptors (Lipinski definition) is 8. The van der Waals surface area contributed by atoms with Crippen molar-refractivity contribution >= 4 is 5.82 Å². The zero-order valence-electron chi connectivity index (χ0n) is 9.67. The summed E-state index contributed by atoms with van der Waals surface area (Å²) in [5, 5.41) is 37.8. The molecule has 5 N–H and O–H groups in total. The van der Waals surface area contributed by atoms with Crippen LogP contribution in [0.1, 0.15) is 0 Å². The Bertz CT molecular complexity index is 582. The van der Waals surface area contributed by atoms with Crippen molar-refractivity contribution in [2.75, 3.05) is 12.3 Å². The number of nitrogens with zero attached hydrogens (tertiary/aromatic N) is 3. The van der Waals surface area contributed by atoms with Gasteiger partial charge in [0.2, 0.25) is 0 Å². The molecule has 0 aromatic carbocycles. The first-order chi connectivity index (χ1) is 8.96. The fourth-order valence-electron chi connectivity index (χ4n) is 1.96. The van der Waals surface area contributed by atoms with Gasteiger partial charge in [0, 0.05) is 6.20 Å². The molecule has 1 aromatic rings. The second-order valence-electron chi connectivity index (χ2n) is 4.09. The summed E-state index contributed by atoms with van der Waals surface area (Å²) in [5.41, 5.74) is 2.27. The molecular formula is C10H12N4O5. The van der Waals surface area contributed by atoms with Crippen LogP contribution in [0.25, 0.3) is 0 Å². The molecule has 0 radical (unpaired) electrons. The number of aliphatic hydroxyl groups is 3. The van der Waals surface area contributed by atoms with Crippen molar-refractivity contribution < 1.29 is 20.1 Å². The molecule has 0 spiro atoms. The molecule has 1 aliphatic heterocycles. The molecule has 19 heavy (non-hydrogen) atoms. The van der Waals surface area contributed by atoms with Gasteiger partial charge in [-0.25, -0.2) is 4.79 Å². The summed E-state index contributed by atoms with van der Waals surface area (Å²) in [6.45, 7) is -0.612. The van der Waals surface area contributed by atoms with Crippen LogP contribution in [0.4, 0.5) is 5.82 Å². The largest absolute Gasteiger partial charge is 0.394 e. The highest BCUT2D eigenvalue weighted by Crippen LogP contribution is 2.34. The SMILES string of the molecule is N#C[C@@]1([15n]2ccc(N)[15n][13c]2=O)O[C@H](CO)[C@@H](O)[C@H]1O. The molecule has 102 valence electrons. The second-order valence-corrected chi connectivity index (χ2v) is 4.09. The summed E-state index contributed by atoms with van der Waals surface area (Å²) >= 11 is 0. The maximum atomic E-state index is 11.7. The van der Waals surface area contributed by atoms with Crippen LogP contribution in [-0.4, -0.2) is 49.8 Å². The van der Waals surface area contributed by atoms with Gasteiger partial charge in [0.15, 0.2) is 0 Å². The fraction of sp³-hybridized carbons (Fsp3) is 0.500. The van der Waals surface area contributed by atoms with Gasteiger partial charge in [-0.15, -0.1) is 0 Å². The van der Waals surface area contributed by atoms with Crippen LogP contribution in [0.3, 0.4) is 0 Å². The smallest absolute Gasteiger partial charge is 0.352 e. The van der Waals surface area contributed by atoms with E-state index in [1.165, 1.54) is 6.07 Å². The number of aliphatic hydroxyl groups excluding tert-OH is 3. The number of rotatable bonds is 2. The molecular weight excluding hydrogens is 259 g/mol. The minimum Gasteiger partial charge on any atom is -0.394 e. The number of anilines is 1. The first-order valence-electron chi connectivity index (χ1n) is 5.38. The number of nitrogens with two attached hydrogens (primary N) is 1. The van der Waals surface area contributed by atoms with Crippen molar-refractivity contribution in [3.63, 3.8) is 0 Å². The molecule has 0 bridgehead atoms. The first kappa shape index (κ1) is 13.4. The molecule has 1 saturated heterocycles. The van der Waals surface area contributed by atoms with Crippen LogP contribution < -0.4 is 11.4 Å². The average molecular weight is 271 g/mol. The highest BCUT2D eigenvalue weighted by Gasteiger charge is 2.56. The molecule has 2 rings (SSSR count). The minimum absolute atomic E-state index is 0.0546. The van der Waals surface area contributed by atoms with Gasteiger partial charge < -0.3 is 25.8 Å². The second kappa shape index (κ2) is 4.60. The lowest BCUT2D eigenvalue weighted by Gasteiger charge is -2.26. The molecule has 9 nitrogen and oxygen atoms in total. The van der Waals surface area contributed by atoms with Crippen LogP contribution in [0.5, 0.6) is 0 Å². The quantitative estimate of drug-likeness (QED) is 0.447. The minimum atomic E-state index is -2.15. The van der Waals surface area contributed by atoms with E-state index >= 15 is 0 Å². The molecule has 0 aliphatic carbocycles. The number of nitriles is 1. The Balaban J connectivity index is 2.56. The summed E-state index contributed by atoms with van der Waals surface area (Å²) in [6, 6.07) is 2.88. The summed E-state index contributed by atoms with van der Waals surface area (Å²) in [7, 11) is 0. The van der Waals surface area contributed by atoms with Gasteiger partial charge in [0.25, 0.3) is 5.72 Å². The van der Waals surface area contributed by atoms with Gasteiger partial charge in [-0.05, 0) is 6.07 Å². The lowest BCUT2D eigenvalue weighted by Crippen LogP contribution is -2.49. The van der Waals surface area contributed by atoms with Gasteiger partial charge in [-0.3, -0.25) is 4.57 Å². The Kier molecular flexibility index (Phi) is 3.25. The van der Waals surface area contributed by atoms with Gasteiger partial charge in [0.1, 0.15) is 30.2 Å². The van der Waals surface area contributed by atoms with E-state index < -0.39 is 36.3 Å². The molecule has 2 heterocycles. The van der Waals surface area contributed by atoms with E-state index in [1.807, 2.05) is 0 Å². The summed E-state index contributed by atoms with van der Waals surface area (Å²) in [4.78, 5) is 15.1. The van der Waals surface area contributed by atoms with Crippen LogP contribution >= 0.6 is 0 Å². The third-order valence-electron chi connectivity index (χ3n) is 2.96. The predicted molar refractivity (Wildman–Crippen MR) is 60.5 cm³/mol. The molecule has 1 aromatic heterocycles. The van der Waals surface area contributed by atoms with Crippen molar-refractivity contribution in [2.45, 2.75) is 24.0 Å². The highest BCUT2D eigenvalue weighted by atomic mass is 16.6. The first-order valence-corrected chi connectivity index (χ1v) is 5.38. The van der Waals surface area contributed by atoms with Crippen molar-refractivity contribution in [1.29, 1.82) is 5.26 Å². The van der Waals surface area contributed by atoms with Crippen molar-refractivity contribution in [3.05, 3.63) is 22.7 Å². The van der Waals surface area contributed by atoms with Crippen molar-refractivity contribution in [1.82, 2.24) is 9.55 Å². The van der Waals surface area contributed by atoms with Crippen LogP contribution in [-0.2, 0) is 10.5 Å². The Hall–Kier alpha value is -1.99. The van der Waals surface area contributed by atoms with Crippen LogP contribution in [0.15, 0.2) is 17.1 Å². The molecule has 0 unspecified atom stereocenters. The number of nitrogen functional groups attached to an aromatic ring is 1. The lowest BCUT2D eigenvalue weighted by atomic mass is 10.1. The third kappa shape index (κ3) is 1.87. The van der Waals surface area contributed by atoms with E-state index in [0.717, 1.165) is 10.8 Å². The highest BCUT2D eigenvalue weighted by molar-refractivity contribution is 5.25. The molecule has 1 fully saturated rings. The molecule has 0 saturated carbocycles. The molecule has 4 atom stereocenters. The van der Waals surface area contributed by atoms with Gasteiger partial charge in [-0.1, -0.05) is 0 Å².